The maximum absolute atomic E-state index is 4.30. The molecule has 6 heteroatoms. The van der Waals surface area contributed by atoms with E-state index in [2.05, 4.69) is 62.0 Å². The highest BCUT2D eigenvalue weighted by Crippen LogP contribution is 2.15. The Kier molecular flexibility index (Phi) is 10.4. The fourth-order valence-electron chi connectivity index (χ4n) is 3.18. The number of nitrogens with one attached hydrogen (secondary N) is 2. The minimum absolute atomic E-state index is 0.933. The fraction of sp³-hybridized carbons (Fsp3) is 0.650. The normalized spacial score (nSPS) is 15.9. The molecular weight excluding hydrogens is 342 g/mol. The molecule has 0 aromatic heterocycles. The number of rotatable bonds is 10. The van der Waals surface area contributed by atoms with Crippen molar-refractivity contribution in [2.24, 2.45) is 4.99 Å². The number of piperazine rings is 1. The van der Waals surface area contributed by atoms with Crippen LogP contribution in [0.1, 0.15) is 19.3 Å². The molecule has 2 N–H and O–H groups in total. The van der Waals surface area contributed by atoms with Crippen molar-refractivity contribution in [2.75, 3.05) is 69.8 Å². The van der Waals surface area contributed by atoms with Crippen LogP contribution < -0.4 is 15.5 Å². The highest BCUT2D eigenvalue weighted by molar-refractivity contribution is 7.98. The molecule has 0 unspecified atom stereocenters. The topological polar surface area (TPSA) is 42.9 Å². The SMILES string of the molecule is CN=C(NCCCCSC)NCCCN1CCN(c2ccccc2)CC1. The number of guanidine groups is 1. The Labute approximate surface area is 163 Å². The maximum atomic E-state index is 4.30. The lowest BCUT2D eigenvalue weighted by molar-refractivity contribution is 0.255. The quantitative estimate of drug-likeness (QED) is 0.373. The lowest BCUT2D eigenvalue weighted by Crippen LogP contribution is -2.47. The highest BCUT2D eigenvalue weighted by Gasteiger charge is 2.16. The summed E-state index contributed by atoms with van der Waals surface area (Å²) in [6.07, 6.45) is 5.78. The van der Waals surface area contributed by atoms with Crippen molar-refractivity contribution in [1.82, 2.24) is 15.5 Å². The summed E-state index contributed by atoms with van der Waals surface area (Å²) < 4.78 is 0. The predicted molar refractivity (Wildman–Crippen MR) is 117 cm³/mol. The van der Waals surface area contributed by atoms with Gasteiger partial charge in [0.2, 0.25) is 0 Å². The fourth-order valence-corrected chi connectivity index (χ4v) is 3.67. The third-order valence-electron chi connectivity index (χ3n) is 4.73. The number of hydrogen-bond acceptors (Lipinski definition) is 4. The van der Waals surface area contributed by atoms with Crippen molar-refractivity contribution in [3.63, 3.8) is 0 Å². The summed E-state index contributed by atoms with van der Waals surface area (Å²) in [5, 5.41) is 6.83. The molecule has 0 saturated carbocycles. The van der Waals surface area contributed by atoms with Crippen LogP contribution in [-0.2, 0) is 0 Å². The standard InChI is InChI=1S/C20H35N5S/c1-21-20(22-11-6-7-18-26-2)23-12-8-13-24-14-16-25(17-15-24)19-9-4-3-5-10-19/h3-5,9-10H,6-8,11-18H2,1-2H3,(H2,21,22,23). The largest absolute Gasteiger partial charge is 0.369 e. The molecule has 1 heterocycles. The monoisotopic (exact) mass is 377 g/mol. The van der Waals surface area contributed by atoms with E-state index in [0.717, 1.165) is 58.2 Å². The van der Waals surface area contributed by atoms with Gasteiger partial charge in [0.25, 0.3) is 0 Å². The predicted octanol–water partition coefficient (Wildman–Crippen LogP) is 2.51. The summed E-state index contributed by atoms with van der Waals surface area (Å²) >= 11 is 1.91. The Morgan fingerprint density at radius 1 is 1.00 bits per heavy atom. The molecule has 0 spiro atoms. The number of unbranched alkanes of at least 4 members (excludes halogenated alkanes) is 1. The summed E-state index contributed by atoms with van der Waals surface area (Å²) in [5.41, 5.74) is 1.35. The van der Waals surface area contributed by atoms with E-state index in [0.29, 0.717) is 0 Å². The van der Waals surface area contributed by atoms with Crippen LogP contribution in [0.25, 0.3) is 0 Å². The van der Waals surface area contributed by atoms with E-state index in [1.165, 1.54) is 24.3 Å². The average Bonchev–Trinajstić information content (AvgIpc) is 2.70. The van der Waals surface area contributed by atoms with Gasteiger partial charge in [0.15, 0.2) is 5.96 Å². The summed E-state index contributed by atoms with van der Waals surface area (Å²) in [4.78, 5) is 9.36. The smallest absolute Gasteiger partial charge is 0.190 e. The zero-order chi connectivity index (χ0) is 18.5. The summed E-state index contributed by atoms with van der Waals surface area (Å²) in [6.45, 7) is 7.67. The number of anilines is 1. The first-order chi connectivity index (χ1) is 12.8. The number of hydrogen-bond donors (Lipinski definition) is 2. The molecule has 1 fully saturated rings. The van der Waals surface area contributed by atoms with Gasteiger partial charge in [-0.15, -0.1) is 0 Å². The van der Waals surface area contributed by atoms with Crippen LogP contribution in [-0.4, -0.2) is 75.7 Å². The minimum Gasteiger partial charge on any atom is -0.369 e. The van der Waals surface area contributed by atoms with E-state index < -0.39 is 0 Å². The molecule has 2 rings (SSSR count). The molecule has 0 radical (unpaired) electrons. The van der Waals surface area contributed by atoms with Gasteiger partial charge in [-0.25, -0.2) is 0 Å². The second-order valence-electron chi connectivity index (χ2n) is 6.64. The van der Waals surface area contributed by atoms with Gasteiger partial charge in [0, 0.05) is 52.0 Å². The van der Waals surface area contributed by atoms with Crippen molar-refractivity contribution in [3.05, 3.63) is 30.3 Å². The number of thioether (sulfide) groups is 1. The van der Waals surface area contributed by atoms with Crippen LogP contribution in [0, 0.1) is 0 Å². The third-order valence-corrected chi connectivity index (χ3v) is 5.43. The molecule has 0 amide bonds. The van der Waals surface area contributed by atoms with Crippen LogP contribution in [0.2, 0.25) is 0 Å². The molecule has 1 aliphatic rings. The molecule has 0 aliphatic carbocycles. The Morgan fingerprint density at radius 3 is 2.35 bits per heavy atom. The van der Waals surface area contributed by atoms with Gasteiger partial charge in [-0.1, -0.05) is 18.2 Å². The molecule has 1 aromatic carbocycles. The number of benzene rings is 1. The number of para-hydroxylation sites is 1. The molecule has 0 atom stereocenters. The van der Waals surface area contributed by atoms with Gasteiger partial charge in [-0.3, -0.25) is 9.89 Å². The molecule has 0 bridgehead atoms. The van der Waals surface area contributed by atoms with Gasteiger partial charge < -0.3 is 15.5 Å². The molecule has 26 heavy (non-hydrogen) atoms. The molecule has 1 saturated heterocycles. The van der Waals surface area contributed by atoms with Crippen LogP contribution in [0.5, 0.6) is 0 Å². The Hall–Kier alpha value is -1.40. The summed E-state index contributed by atoms with van der Waals surface area (Å²) in [5.74, 6) is 2.17. The minimum atomic E-state index is 0.933. The van der Waals surface area contributed by atoms with Gasteiger partial charge in [-0.2, -0.15) is 11.8 Å². The Bertz CT molecular complexity index is 500. The first-order valence-electron chi connectivity index (χ1n) is 9.79. The number of nitrogens with zero attached hydrogens (tertiary/aromatic N) is 3. The van der Waals surface area contributed by atoms with E-state index in [-0.39, 0.29) is 0 Å². The zero-order valence-corrected chi connectivity index (χ0v) is 17.2. The van der Waals surface area contributed by atoms with Gasteiger partial charge >= 0.3 is 0 Å². The van der Waals surface area contributed by atoms with Crippen molar-refractivity contribution in [3.8, 4) is 0 Å². The highest BCUT2D eigenvalue weighted by atomic mass is 32.2. The molecular formula is C20H35N5S. The average molecular weight is 378 g/mol. The summed E-state index contributed by atoms with van der Waals surface area (Å²) in [6, 6.07) is 10.7. The van der Waals surface area contributed by atoms with E-state index >= 15 is 0 Å². The van der Waals surface area contributed by atoms with Gasteiger partial charge in [0.05, 0.1) is 0 Å². The Morgan fingerprint density at radius 2 is 1.69 bits per heavy atom. The first-order valence-corrected chi connectivity index (χ1v) is 11.2. The van der Waals surface area contributed by atoms with Gasteiger partial charge in [0.1, 0.15) is 0 Å². The third kappa shape index (κ3) is 7.87. The van der Waals surface area contributed by atoms with E-state index in [1.807, 2.05) is 18.8 Å². The van der Waals surface area contributed by atoms with Crippen LogP contribution in [0.4, 0.5) is 5.69 Å². The lowest BCUT2D eigenvalue weighted by Gasteiger charge is -2.36. The molecule has 146 valence electrons. The second kappa shape index (κ2) is 12.9. The second-order valence-corrected chi connectivity index (χ2v) is 7.63. The summed E-state index contributed by atoms with van der Waals surface area (Å²) in [7, 11) is 1.85. The van der Waals surface area contributed by atoms with Gasteiger partial charge in [-0.05, 0) is 49.9 Å². The Balaban J connectivity index is 1.53. The van der Waals surface area contributed by atoms with Crippen molar-refractivity contribution >= 4 is 23.4 Å². The molecule has 1 aromatic rings. The van der Waals surface area contributed by atoms with E-state index in [4.69, 9.17) is 0 Å². The maximum Gasteiger partial charge on any atom is 0.190 e. The first kappa shape index (κ1) is 20.9. The van der Waals surface area contributed by atoms with Crippen LogP contribution in [0.3, 0.4) is 0 Å². The molecule has 1 aliphatic heterocycles. The van der Waals surface area contributed by atoms with Crippen LogP contribution in [0.15, 0.2) is 35.3 Å². The van der Waals surface area contributed by atoms with Crippen LogP contribution >= 0.6 is 11.8 Å². The van der Waals surface area contributed by atoms with Crippen molar-refractivity contribution in [1.29, 1.82) is 0 Å². The van der Waals surface area contributed by atoms with E-state index in [9.17, 15) is 0 Å². The number of aliphatic imine (C=N–C) groups is 1. The zero-order valence-electron chi connectivity index (χ0n) is 16.4. The van der Waals surface area contributed by atoms with Crippen molar-refractivity contribution in [2.45, 2.75) is 19.3 Å². The lowest BCUT2D eigenvalue weighted by atomic mass is 10.2. The van der Waals surface area contributed by atoms with Crippen molar-refractivity contribution < 1.29 is 0 Å². The molecule has 5 nitrogen and oxygen atoms in total. The van der Waals surface area contributed by atoms with E-state index in [1.54, 1.807) is 0 Å².